The lowest BCUT2D eigenvalue weighted by atomic mass is 10.2. The Morgan fingerprint density at radius 2 is 1.93 bits per heavy atom. The fourth-order valence-electron chi connectivity index (χ4n) is 1.16. The van der Waals surface area contributed by atoms with Crippen LogP contribution in [0.25, 0.3) is 0 Å². The second-order valence-corrected chi connectivity index (χ2v) is 8.66. The highest BCUT2D eigenvalue weighted by Crippen LogP contribution is 2.25. The van der Waals surface area contributed by atoms with Crippen LogP contribution in [0.2, 0.25) is 19.6 Å². The molecule has 1 aromatic rings. The van der Waals surface area contributed by atoms with Crippen LogP contribution in [-0.4, -0.2) is 21.7 Å². The van der Waals surface area contributed by atoms with Gasteiger partial charge in [-0.05, 0) is 31.8 Å². The zero-order valence-electron chi connectivity index (χ0n) is 9.53. The normalized spacial score (nSPS) is 10.9. The Labute approximate surface area is 91.1 Å². The zero-order valence-corrected chi connectivity index (χ0v) is 10.5. The molecule has 4 heteroatoms. The fraction of sp³-hybridized carbons (Fsp3) is 0.364. The number of hydrogen-bond acceptors (Lipinski definition) is 3. The molecule has 15 heavy (non-hydrogen) atoms. The van der Waals surface area contributed by atoms with Crippen LogP contribution in [0.1, 0.15) is 10.4 Å². The highest BCUT2D eigenvalue weighted by molar-refractivity contribution is 6.70. The van der Waals surface area contributed by atoms with Gasteiger partial charge in [-0.3, -0.25) is 4.79 Å². The second-order valence-electron chi connectivity index (χ2n) is 4.24. The Kier molecular flexibility index (Phi) is 3.52. The lowest BCUT2D eigenvalue weighted by Crippen LogP contribution is -2.29. The van der Waals surface area contributed by atoms with Gasteiger partial charge in [-0.2, -0.15) is 0 Å². The van der Waals surface area contributed by atoms with Crippen LogP contribution < -0.4 is 9.16 Å². The molecular formula is C11H16O3Si. The minimum Gasteiger partial charge on any atom is -0.544 e. The van der Waals surface area contributed by atoms with Crippen molar-refractivity contribution in [3.05, 3.63) is 23.8 Å². The van der Waals surface area contributed by atoms with Crippen molar-refractivity contribution in [1.29, 1.82) is 0 Å². The van der Waals surface area contributed by atoms with Gasteiger partial charge < -0.3 is 9.16 Å². The maximum Gasteiger partial charge on any atom is 0.242 e. The first-order valence-corrected chi connectivity index (χ1v) is 8.19. The molecule has 0 amide bonds. The number of methoxy groups -OCH3 is 1. The SMILES string of the molecule is COc1ccc(C=O)c(O[Si](C)(C)C)c1. The summed E-state index contributed by atoms with van der Waals surface area (Å²) < 4.78 is 10.9. The third-order valence-electron chi connectivity index (χ3n) is 1.76. The summed E-state index contributed by atoms with van der Waals surface area (Å²) in [6, 6.07) is 5.21. The lowest BCUT2D eigenvalue weighted by molar-refractivity contribution is 0.112. The highest BCUT2D eigenvalue weighted by atomic mass is 28.4. The van der Waals surface area contributed by atoms with Gasteiger partial charge in [-0.15, -0.1) is 0 Å². The van der Waals surface area contributed by atoms with E-state index < -0.39 is 8.32 Å². The molecule has 0 aliphatic rings. The van der Waals surface area contributed by atoms with Crippen molar-refractivity contribution in [3.63, 3.8) is 0 Å². The molecule has 0 atom stereocenters. The maximum atomic E-state index is 10.8. The van der Waals surface area contributed by atoms with Crippen molar-refractivity contribution < 1.29 is 14.0 Å². The van der Waals surface area contributed by atoms with Gasteiger partial charge in [0.05, 0.1) is 12.7 Å². The second kappa shape index (κ2) is 4.48. The van der Waals surface area contributed by atoms with E-state index in [0.29, 0.717) is 17.1 Å². The fourth-order valence-corrected chi connectivity index (χ4v) is 1.99. The van der Waals surface area contributed by atoms with Crippen molar-refractivity contribution >= 4 is 14.6 Å². The van der Waals surface area contributed by atoms with E-state index in [4.69, 9.17) is 9.16 Å². The molecule has 0 radical (unpaired) electrons. The molecule has 0 aromatic heterocycles. The van der Waals surface area contributed by atoms with Gasteiger partial charge in [-0.1, -0.05) is 0 Å². The Bertz CT molecular complexity index is 355. The number of carbonyl (C=O) groups excluding carboxylic acids is 1. The summed E-state index contributed by atoms with van der Waals surface area (Å²) in [5.41, 5.74) is 0.568. The Morgan fingerprint density at radius 3 is 2.40 bits per heavy atom. The van der Waals surface area contributed by atoms with Crippen LogP contribution in [0.15, 0.2) is 18.2 Å². The first kappa shape index (κ1) is 11.8. The van der Waals surface area contributed by atoms with Crippen LogP contribution in [0.5, 0.6) is 11.5 Å². The van der Waals surface area contributed by atoms with E-state index in [0.717, 1.165) is 6.29 Å². The molecule has 82 valence electrons. The molecule has 0 aliphatic carbocycles. The van der Waals surface area contributed by atoms with Crippen LogP contribution >= 0.6 is 0 Å². The van der Waals surface area contributed by atoms with Gasteiger partial charge in [0.2, 0.25) is 8.32 Å². The van der Waals surface area contributed by atoms with Crippen LogP contribution in [0, 0.1) is 0 Å². The van der Waals surface area contributed by atoms with Crippen molar-refractivity contribution in [1.82, 2.24) is 0 Å². The van der Waals surface area contributed by atoms with Crippen LogP contribution in [0.4, 0.5) is 0 Å². The van der Waals surface area contributed by atoms with Gasteiger partial charge in [0.15, 0.2) is 6.29 Å². The first-order chi connectivity index (χ1) is 6.96. The number of aldehydes is 1. The van der Waals surface area contributed by atoms with Gasteiger partial charge >= 0.3 is 0 Å². The molecule has 0 spiro atoms. The summed E-state index contributed by atoms with van der Waals surface area (Å²) in [6.45, 7) is 6.21. The highest BCUT2D eigenvalue weighted by Gasteiger charge is 2.18. The monoisotopic (exact) mass is 224 g/mol. The minimum atomic E-state index is -1.70. The predicted octanol–water partition coefficient (Wildman–Crippen LogP) is 2.72. The topological polar surface area (TPSA) is 35.5 Å². The number of rotatable bonds is 4. The molecule has 0 heterocycles. The third-order valence-corrected chi connectivity index (χ3v) is 2.60. The van der Waals surface area contributed by atoms with Crippen molar-refractivity contribution in [2.45, 2.75) is 19.6 Å². The lowest BCUT2D eigenvalue weighted by Gasteiger charge is -2.20. The summed E-state index contributed by atoms with van der Waals surface area (Å²) in [7, 11) is -0.104. The summed E-state index contributed by atoms with van der Waals surface area (Å²) in [4.78, 5) is 10.8. The quantitative estimate of drug-likeness (QED) is 0.582. The average molecular weight is 224 g/mol. The predicted molar refractivity (Wildman–Crippen MR) is 62.4 cm³/mol. The van der Waals surface area contributed by atoms with Crippen LogP contribution in [0.3, 0.4) is 0 Å². The number of carbonyl (C=O) groups is 1. The zero-order chi connectivity index (χ0) is 11.5. The van der Waals surface area contributed by atoms with E-state index >= 15 is 0 Å². The summed E-state index contributed by atoms with van der Waals surface area (Å²) >= 11 is 0. The Balaban J connectivity index is 3.06. The maximum absolute atomic E-state index is 10.8. The average Bonchev–Trinajstić information content (AvgIpc) is 2.15. The molecule has 0 fully saturated rings. The molecular weight excluding hydrogens is 208 g/mol. The standard InChI is InChI=1S/C11H16O3Si/c1-13-10-6-5-9(8-12)11(7-10)14-15(2,3)4/h5-8H,1-4H3. The van der Waals surface area contributed by atoms with Crippen molar-refractivity contribution in [2.24, 2.45) is 0 Å². The van der Waals surface area contributed by atoms with Crippen molar-refractivity contribution in [2.75, 3.05) is 7.11 Å². The smallest absolute Gasteiger partial charge is 0.242 e. The van der Waals surface area contributed by atoms with Crippen LogP contribution in [-0.2, 0) is 0 Å². The molecule has 1 aromatic carbocycles. The molecule has 0 aliphatic heterocycles. The number of hydrogen-bond donors (Lipinski definition) is 0. The van der Waals surface area contributed by atoms with E-state index in [1.54, 1.807) is 25.3 Å². The largest absolute Gasteiger partial charge is 0.544 e. The molecule has 0 unspecified atom stereocenters. The van der Waals surface area contributed by atoms with E-state index in [9.17, 15) is 4.79 Å². The van der Waals surface area contributed by atoms with Gasteiger partial charge in [0.25, 0.3) is 0 Å². The Hall–Kier alpha value is -1.29. The van der Waals surface area contributed by atoms with Gasteiger partial charge in [-0.25, -0.2) is 0 Å². The van der Waals surface area contributed by atoms with E-state index in [-0.39, 0.29) is 0 Å². The summed E-state index contributed by atoms with van der Waals surface area (Å²) in [5.74, 6) is 1.32. The van der Waals surface area contributed by atoms with Gasteiger partial charge in [0.1, 0.15) is 11.5 Å². The molecule has 0 bridgehead atoms. The molecule has 0 saturated carbocycles. The van der Waals surface area contributed by atoms with Crippen molar-refractivity contribution in [3.8, 4) is 11.5 Å². The molecule has 0 saturated heterocycles. The van der Waals surface area contributed by atoms with E-state index in [1.807, 2.05) is 0 Å². The molecule has 3 nitrogen and oxygen atoms in total. The van der Waals surface area contributed by atoms with E-state index in [2.05, 4.69) is 19.6 Å². The van der Waals surface area contributed by atoms with Gasteiger partial charge in [0, 0.05) is 6.07 Å². The molecule has 0 N–H and O–H groups in total. The third kappa shape index (κ3) is 3.40. The summed E-state index contributed by atoms with van der Waals surface area (Å²) in [6.07, 6.45) is 0.801. The number of ether oxygens (including phenoxy) is 1. The molecule has 1 rings (SSSR count). The van der Waals surface area contributed by atoms with E-state index in [1.165, 1.54) is 0 Å². The first-order valence-electron chi connectivity index (χ1n) is 4.78. The number of benzene rings is 1. The Morgan fingerprint density at radius 1 is 1.27 bits per heavy atom. The summed E-state index contributed by atoms with van der Waals surface area (Å²) in [5, 5.41) is 0. The minimum absolute atomic E-state index is 0.568.